The summed E-state index contributed by atoms with van der Waals surface area (Å²) in [6, 6.07) is 2.99. The second-order valence-electron chi connectivity index (χ2n) is 6.57. The number of hydrogen-bond donors (Lipinski definition) is 0. The summed E-state index contributed by atoms with van der Waals surface area (Å²) < 4.78 is 14.5. The van der Waals surface area contributed by atoms with E-state index >= 15 is 0 Å². The van der Waals surface area contributed by atoms with Crippen LogP contribution in [0.15, 0.2) is 18.2 Å². The van der Waals surface area contributed by atoms with Gasteiger partial charge < -0.3 is 14.6 Å². The summed E-state index contributed by atoms with van der Waals surface area (Å²) >= 11 is 0. The molecule has 0 bridgehead atoms. The van der Waals surface area contributed by atoms with Crippen molar-refractivity contribution in [3.63, 3.8) is 0 Å². The van der Waals surface area contributed by atoms with Crippen LogP contribution in [-0.4, -0.2) is 49.2 Å². The van der Waals surface area contributed by atoms with Crippen LogP contribution in [0.4, 0.5) is 10.1 Å². The first-order chi connectivity index (χ1) is 11.2. The summed E-state index contributed by atoms with van der Waals surface area (Å²) in [7, 11) is 0. The van der Waals surface area contributed by atoms with Crippen LogP contribution in [-0.2, 0) is 9.59 Å². The van der Waals surface area contributed by atoms with Crippen molar-refractivity contribution in [3.8, 4) is 0 Å². The maximum Gasteiger partial charge on any atom is 0.146 e. The van der Waals surface area contributed by atoms with E-state index in [2.05, 4.69) is 4.90 Å². The summed E-state index contributed by atoms with van der Waals surface area (Å²) in [4.78, 5) is 27.0. The normalized spacial score (nSPS) is 26.5. The number of Topliss-reactive ketones (excluding diaryl/α,β-unsaturated/α-hetero) is 1. The highest BCUT2D eigenvalue weighted by Gasteiger charge is 2.38. The molecule has 0 spiro atoms. The summed E-state index contributed by atoms with van der Waals surface area (Å²) in [5, 5.41) is 0. The molecule has 2 unspecified atom stereocenters. The molecule has 0 N–H and O–H groups in total. The van der Waals surface area contributed by atoms with Gasteiger partial charge in [0.25, 0.3) is 0 Å². The zero-order valence-electron chi connectivity index (χ0n) is 12.9. The molecule has 1 aromatic rings. The van der Waals surface area contributed by atoms with Crippen molar-refractivity contribution in [2.75, 3.05) is 31.1 Å². The van der Waals surface area contributed by atoms with E-state index in [1.165, 1.54) is 6.07 Å². The number of carbonyl (C=O) groups excluding carboxylic acids is 2. The van der Waals surface area contributed by atoms with E-state index in [1.54, 1.807) is 6.07 Å². The largest absolute Gasteiger partial charge is 0.357 e. The fraction of sp³-hybridized carbons (Fsp3) is 0.444. The van der Waals surface area contributed by atoms with E-state index < -0.39 is 0 Å². The zero-order valence-corrected chi connectivity index (χ0v) is 12.9. The van der Waals surface area contributed by atoms with Crippen LogP contribution in [0.3, 0.4) is 0 Å². The number of anilines is 1. The Morgan fingerprint density at radius 2 is 2.04 bits per heavy atom. The third-order valence-corrected chi connectivity index (χ3v) is 5.17. The Labute approximate surface area is 134 Å². The standard InChI is InChI=1S/C18H19FN2O2/c19-16-4-2-12-1-3-14(11-22)21-10-13(17(16)18(12)21)9-20-7-5-15(23)6-8-20/h1-4,11,13-14H,5-10H2. The number of aldehydes is 1. The molecule has 1 fully saturated rings. The molecular formula is C18H19FN2O2. The van der Waals surface area contributed by atoms with Crippen LogP contribution in [0.1, 0.15) is 29.9 Å². The van der Waals surface area contributed by atoms with E-state index in [-0.39, 0.29) is 17.8 Å². The average molecular weight is 314 g/mol. The first-order valence-corrected chi connectivity index (χ1v) is 8.14. The molecule has 0 aromatic heterocycles. The van der Waals surface area contributed by atoms with E-state index in [1.807, 2.05) is 17.1 Å². The van der Waals surface area contributed by atoms with Crippen LogP contribution in [0.25, 0.3) is 6.08 Å². The lowest BCUT2D eigenvalue weighted by Crippen LogP contribution is -2.40. The molecule has 3 aliphatic heterocycles. The highest BCUT2D eigenvalue weighted by atomic mass is 19.1. The van der Waals surface area contributed by atoms with Gasteiger partial charge in [-0.1, -0.05) is 12.2 Å². The molecule has 3 aliphatic rings. The van der Waals surface area contributed by atoms with Crippen molar-refractivity contribution in [2.24, 2.45) is 0 Å². The summed E-state index contributed by atoms with van der Waals surface area (Å²) in [6.07, 6.45) is 5.87. The molecule has 0 amide bonds. The van der Waals surface area contributed by atoms with E-state index in [9.17, 15) is 14.0 Å². The van der Waals surface area contributed by atoms with Crippen molar-refractivity contribution in [1.82, 2.24) is 4.90 Å². The number of benzene rings is 1. The third kappa shape index (κ3) is 2.39. The van der Waals surface area contributed by atoms with Crippen molar-refractivity contribution >= 4 is 23.8 Å². The molecule has 2 atom stereocenters. The second-order valence-corrected chi connectivity index (χ2v) is 6.57. The van der Waals surface area contributed by atoms with Crippen molar-refractivity contribution < 1.29 is 14.0 Å². The minimum Gasteiger partial charge on any atom is -0.357 e. The fourth-order valence-electron chi connectivity index (χ4n) is 4.01. The maximum atomic E-state index is 14.5. The minimum absolute atomic E-state index is 0.0421. The average Bonchev–Trinajstić information content (AvgIpc) is 2.94. The molecule has 5 heteroatoms. The van der Waals surface area contributed by atoms with Crippen LogP contribution in [0.2, 0.25) is 0 Å². The molecule has 1 aromatic carbocycles. The Bertz CT molecular complexity index is 691. The molecule has 4 nitrogen and oxygen atoms in total. The summed E-state index contributed by atoms with van der Waals surface area (Å²) in [5.41, 5.74) is 2.59. The number of halogens is 1. The van der Waals surface area contributed by atoms with Gasteiger partial charge in [-0.2, -0.15) is 0 Å². The lowest BCUT2D eigenvalue weighted by Gasteiger charge is -2.30. The van der Waals surface area contributed by atoms with Gasteiger partial charge in [-0.25, -0.2) is 4.39 Å². The van der Waals surface area contributed by atoms with E-state index in [0.29, 0.717) is 25.2 Å². The zero-order chi connectivity index (χ0) is 16.0. The molecule has 1 saturated heterocycles. The van der Waals surface area contributed by atoms with Crippen molar-refractivity contribution in [1.29, 1.82) is 0 Å². The lowest BCUT2D eigenvalue weighted by atomic mass is 9.96. The van der Waals surface area contributed by atoms with Gasteiger partial charge in [-0.3, -0.25) is 4.79 Å². The van der Waals surface area contributed by atoms with E-state index in [4.69, 9.17) is 0 Å². The Morgan fingerprint density at radius 1 is 1.26 bits per heavy atom. The Morgan fingerprint density at radius 3 is 2.78 bits per heavy atom. The van der Waals surface area contributed by atoms with Gasteiger partial charge in [0.1, 0.15) is 23.9 Å². The van der Waals surface area contributed by atoms with Crippen LogP contribution >= 0.6 is 0 Å². The van der Waals surface area contributed by atoms with Gasteiger partial charge in [0.05, 0.1) is 5.69 Å². The second kappa shape index (κ2) is 5.57. The molecule has 120 valence electrons. The first kappa shape index (κ1) is 14.6. The molecule has 0 radical (unpaired) electrons. The summed E-state index contributed by atoms with van der Waals surface area (Å²) in [6.45, 7) is 2.90. The molecule has 23 heavy (non-hydrogen) atoms. The van der Waals surface area contributed by atoms with Gasteiger partial charge in [-0.15, -0.1) is 0 Å². The molecular weight excluding hydrogens is 295 g/mol. The van der Waals surface area contributed by atoms with Crippen LogP contribution in [0.5, 0.6) is 0 Å². The number of rotatable bonds is 3. The van der Waals surface area contributed by atoms with Crippen LogP contribution < -0.4 is 4.90 Å². The maximum absolute atomic E-state index is 14.5. The van der Waals surface area contributed by atoms with Gasteiger partial charge in [-0.05, 0) is 17.7 Å². The van der Waals surface area contributed by atoms with Gasteiger partial charge in [0.15, 0.2) is 0 Å². The van der Waals surface area contributed by atoms with E-state index in [0.717, 1.165) is 42.7 Å². The number of carbonyl (C=O) groups is 2. The predicted molar refractivity (Wildman–Crippen MR) is 86.1 cm³/mol. The SMILES string of the molecule is O=CC1C=Cc2ccc(F)c3c2N1CC3CN1CCC(=O)CC1. The molecule has 0 saturated carbocycles. The van der Waals surface area contributed by atoms with Gasteiger partial charge in [0, 0.05) is 50.5 Å². The highest BCUT2D eigenvalue weighted by molar-refractivity contribution is 5.85. The molecule has 3 heterocycles. The van der Waals surface area contributed by atoms with Gasteiger partial charge >= 0.3 is 0 Å². The first-order valence-electron chi connectivity index (χ1n) is 8.14. The fourth-order valence-corrected chi connectivity index (χ4v) is 4.01. The lowest BCUT2D eigenvalue weighted by molar-refractivity contribution is -0.121. The predicted octanol–water partition coefficient (Wildman–Crippen LogP) is 1.99. The monoisotopic (exact) mass is 314 g/mol. The van der Waals surface area contributed by atoms with Crippen LogP contribution in [0, 0.1) is 5.82 Å². The third-order valence-electron chi connectivity index (χ3n) is 5.17. The number of hydrogen-bond acceptors (Lipinski definition) is 4. The summed E-state index contributed by atoms with van der Waals surface area (Å²) in [5.74, 6) is 0.163. The quantitative estimate of drug-likeness (QED) is 0.800. The van der Waals surface area contributed by atoms with Crippen molar-refractivity contribution in [3.05, 3.63) is 35.2 Å². The number of likely N-dealkylation sites (tertiary alicyclic amines) is 1. The Kier molecular flexibility index (Phi) is 3.53. The number of ketones is 1. The minimum atomic E-state index is -0.309. The van der Waals surface area contributed by atoms with Gasteiger partial charge in [0.2, 0.25) is 0 Å². The van der Waals surface area contributed by atoms with Crippen molar-refractivity contribution in [2.45, 2.75) is 24.8 Å². The smallest absolute Gasteiger partial charge is 0.146 e. The number of piperidine rings is 1. The molecule has 4 rings (SSSR count). The number of nitrogens with zero attached hydrogens (tertiary/aromatic N) is 2. The molecule has 0 aliphatic carbocycles. The Hall–Kier alpha value is -2.01. The highest BCUT2D eigenvalue weighted by Crippen LogP contribution is 2.44. The Balaban J connectivity index is 1.64. The topological polar surface area (TPSA) is 40.6 Å².